The molecule has 174 valence electrons. The van der Waals surface area contributed by atoms with E-state index in [4.69, 9.17) is 39.9 Å². The van der Waals surface area contributed by atoms with Crippen LogP contribution in [0.1, 0.15) is 25.7 Å². The maximum Gasteiger partial charge on any atom is 0.258 e. The fourth-order valence-corrected chi connectivity index (χ4v) is 5.08. The quantitative estimate of drug-likeness (QED) is 0.250. The average Bonchev–Trinajstić information content (AvgIpc) is 3.53. The highest BCUT2D eigenvalue weighted by atomic mass is 16.6. The van der Waals surface area contributed by atoms with Crippen molar-refractivity contribution in [2.75, 3.05) is 46.2 Å². The van der Waals surface area contributed by atoms with Crippen molar-refractivity contribution in [3.05, 3.63) is 0 Å². The van der Waals surface area contributed by atoms with Crippen molar-refractivity contribution < 1.29 is 33.2 Å². The molecule has 31 heavy (non-hydrogen) atoms. The molecular weight excluding hydrogens is 406 g/mol. The molecule has 6 saturated heterocycles. The molecular formula is C21H33N3O7. The van der Waals surface area contributed by atoms with Crippen LogP contribution in [-0.4, -0.2) is 105 Å². The van der Waals surface area contributed by atoms with Gasteiger partial charge in [0.15, 0.2) is 5.66 Å². The second-order valence-corrected chi connectivity index (χ2v) is 10.2. The second-order valence-electron chi connectivity index (χ2n) is 10.2. The van der Waals surface area contributed by atoms with Crippen molar-refractivity contribution >= 4 is 5.91 Å². The van der Waals surface area contributed by atoms with E-state index in [-0.39, 0.29) is 48.6 Å². The minimum atomic E-state index is -1.58. The predicted molar refractivity (Wildman–Crippen MR) is 106 cm³/mol. The average molecular weight is 440 g/mol. The molecule has 10 nitrogen and oxygen atoms in total. The summed E-state index contributed by atoms with van der Waals surface area (Å²) in [5.74, 6) is -0.244. The number of carbonyl (C=O) groups excluding carboxylic acids is 1. The van der Waals surface area contributed by atoms with E-state index in [1.54, 1.807) is 0 Å². The van der Waals surface area contributed by atoms with Crippen molar-refractivity contribution in [3.63, 3.8) is 0 Å². The van der Waals surface area contributed by atoms with Crippen molar-refractivity contribution in [1.29, 1.82) is 0 Å². The van der Waals surface area contributed by atoms with Crippen molar-refractivity contribution in [3.8, 4) is 0 Å². The van der Waals surface area contributed by atoms with Gasteiger partial charge in [-0.15, -0.1) is 0 Å². The summed E-state index contributed by atoms with van der Waals surface area (Å²) in [6.07, 6.45) is 3.08. The van der Waals surface area contributed by atoms with Gasteiger partial charge in [-0.25, -0.2) is 0 Å². The summed E-state index contributed by atoms with van der Waals surface area (Å²) in [6, 6.07) is -0.111. The summed E-state index contributed by atoms with van der Waals surface area (Å²) in [4.78, 5) is 16.0. The third-order valence-electron chi connectivity index (χ3n) is 7.45. The molecule has 0 spiro atoms. The zero-order chi connectivity index (χ0) is 21.2. The number of nitrogens with two attached hydrogens (primary N) is 2. The number of nitrogens with zero attached hydrogens (tertiary/aromatic N) is 1. The first-order valence-electron chi connectivity index (χ1n) is 11.5. The van der Waals surface area contributed by atoms with Crippen LogP contribution in [0.25, 0.3) is 0 Å². The van der Waals surface area contributed by atoms with Gasteiger partial charge in [0.2, 0.25) is 0 Å². The van der Waals surface area contributed by atoms with E-state index >= 15 is 0 Å². The predicted octanol–water partition coefficient (Wildman–Crippen LogP) is -1.26. The third-order valence-corrected chi connectivity index (χ3v) is 7.45. The lowest BCUT2D eigenvalue weighted by atomic mass is 9.65. The second kappa shape index (κ2) is 7.59. The highest BCUT2D eigenvalue weighted by Gasteiger charge is 2.60. The van der Waals surface area contributed by atoms with Gasteiger partial charge in [0.05, 0.1) is 76.2 Å². The van der Waals surface area contributed by atoms with Gasteiger partial charge in [-0.05, 0) is 25.7 Å². The maximum atomic E-state index is 14.2. The zero-order valence-electron chi connectivity index (χ0n) is 17.8. The van der Waals surface area contributed by atoms with Gasteiger partial charge < -0.3 is 44.8 Å². The van der Waals surface area contributed by atoms with Crippen molar-refractivity contribution in [1.82, 2.24) is 4.90 Å². The molecule has 0 aromatic carbocycles. The summed E-state index contributed by atoms with van der Waals surface area (Å²) in [6.45, 7) is 4.53. The van der Waals surface area contributed by atoms with Crippen LogP contribution in [0.2, 0.25) is 0 Å². The molecule has 6 fully saturated rings. The van der Waals surface area contributed by atoms with Crippen LogP contribution in [0.15, 0.2) is 0 Å². The molecule has 0 aromatic heterocycles. The van der Waals surface area contributed by atoms with Crippen LogP contribution in [0, 0.1) is 5.41 Å². The van der Waals surface area contributed by atoms with E-state index < -0.39 is 11.1 Å². The van der Waals surface area contributed by atoms with Gasteiger partial charge in [-0.2, -0.15) is 0 Å². The first kappa shape index (κ1) is 20.7. The van der Waals surface area contributed by atoms with Gasteiger partial charge in [-0.1, -0.05) is 0 Å². The Morgan fingerprint density at radius 2 is 1.23 bits per heavy atom. The van der Waals surface area contributed by atoms with Crippen LogP contribution < -0.4 is 11.5 Å². The molecule has 0 aliphatic carbocycles. The van der Waals surface area contributed by atoms with E-state index in [1.165, 1.54) is 0 Å². The summed E-state index contributed by atoms with van der Waals surface area (Å²) >= 11 is 0. The highest BCUT2D eigenvalue weighted by Crippen LogP contribution is 2.49. The Kier molecular flexibility index (Phi) is 5.08. The fraction of sp³-hybridized carbons (Fsp3) is 0.952. The number of amides is 1. The van der Waals surface area contributed by atoms with E-state index in [0.29, 0.717) is 58.8 Å². The van der Waals surface area contributed by atoms with Crippen LogP contribution in [0.4, 0.5) is 0 Å². The Morgan fingerprint density at radius 3 is 1.61 bits per heavy atom. The van der Waals surface area contributed by atoms with Gasteiger partial charge in [-0.3, -0.25) is 4.79 Å². The van der Waals surface area contributed by atoms with Crippen molar-refractivity contribution in [2.24, 2.45) is 16.9 Å². The Hall–Kier alpha value is -0.850. The van der Waals surface area contributed by atoms with Gasteiger partial charge in [0.1, 0.15) is 6.10 Å². The smallest absolute Gasteiger partial charge is 0.258 e. The fourth-order valence-electron chi connectivity index (χ4n) is 5.08. The lowest BCUT2D eigenvalue weighted by Gasteiger charge is -2.48. The molecule has 0 bridgehead atoms. The number of ether oxygens (including phenoxy) is 6. The molecule has 6 rings (SSSR count). The van der Waals surface area contributed by atoms with E-state index in [1.807, 2.05) is 4.90 Å². The molecule has 6 aliphatic heterocycles. The number of rotatable bonds is 14. The Morgan fingerprint density at radius 1 is 0.774 bits per heavy atom. The summed E-state index contributed by atoms with van der Waals surface area (Å²) < 4.78 is 33.2. The van der Waals surface area contributed by atoms with E-state index in [9.17, 15) is 4.79 Å². The molecule has 7 atom stereocenters. The standard InChI is InChI=1S/C21H33N3O7/c22-21(23,20(2-13-7-27-13,3-14-8-28-14)4-15-9-29-15)19(25)24(5-16-10-30-16)17(18-11-31-18)1-12-6-26-12/h12-18H,1-11,22-23H2. The SMILES string of the molecule is NC(N)(C(=O)N(CC1CO1)C(CC1CO1)C1CO1)C(CC1CO1)(CC1CO1)CC1CO1. The first-order chi connectivity index (χ1) is 14.9. The Balaban J connectivity index is 1.29. The third kappa shape index (κ3) is 4.77. The van der Waals surface area contributed by atoms with E-state index in [2.05, 4.69) is 0 Å². The monoisotopic (exact) mass is 439 g/mol. The highest BCUT2D eigenvalue weighted by molar-refractivity contribution is 5.87. The topological polar surface area (TPSA) is 148 Å². The van der Waals surface area contributed by atoms with Gasteiger partial charge in [0.25, 0.3) is 5.91 Å². The number of hydrogen-bond acceptors (Lipinski definition) is 9. The molecule has 0 aromatic rings. The Labute approximate surface area is 181 Å². The van der Waals surface area contributed by atoms with Crippen LogP contribution >= 0.6 is 0 Å². The van der Waals surface area contributed by atoms with Crippen LogP contribution in [0.3, 0.4) is 0 Å². The Bertz CT molecular complexity index is 661. The minimum absolute atomic E-state index is 0.00222. The molecule has 0 radical (unpaired) electrons. The van der Waals surface area contributed by atoms with Gasteiger partial charge >= 0.3 is 0 Å². The van der Waals surface area contributed by atoms with Crippen LogP contribution in [0.5, 0.6) is 0 Å². The number of epoxide rings is 6. The number of hydrogen-bond donors (Lipinski definition) is 2. The normalized spacial score (nSPS) is 39.9. The summed E-state index contributed by atoms with van der Waals surface area (Å²) in [5.41, 5.74) is 11.5. The molecule has 7 unspecified atom stereocenters. The summed E-state index contributed by atoms with van der Waals surface area (Å²) in [5, 5.41) is 0. The molecule has 6 aliphatic rings. The number of carbonyl (C=O) groups is 1. The molecule has 4 N–H and O–H groups in total. The molecule has 1 amide bonds. The lowest BCUT2D eigenvalue weighted by molar-refractivity contribution is -0.147. The maximum absolute atomic E-state index is 14.2. The molecule has 0 saturated carbocycles. The largest absolute Gasteiger partial charge is 0.373 e. The zero-order valence-corrected chi connectivity index (χ0v) is 17.8. The molecule has 6 heterocycles. The molecule has 10 heteroatoms. The van der Waals surface area contributed by atoms with Crippen LogP contribution in [-0.2, 0) is 33.2 Å². The lowest BCUT2D eigenvalue weighted by Crippen LogP contribution is -2.73. The summed E-state index contributed by atoms with van der Waals surface area (Å²) in [7, 11) is 0. The minimum Gasteiger partial charge on any atom is -0.373 e. The first-order valence-corrected chi connectivity index (χ1v) is 11.5. The van der Waals surface area contributed by atoms with Gasteiger partial charge in [0, 0.05) is 12.0 Å². The van der Waals surface area contributed by atoms with Crippen molar-refractivity contribution in [2.45, 2.75) is 74.0 Å². The van der Waals surface area contributed by atoms with E-state index in [0.717, 1.165) is 13.0 Å².